The Morgan fingerprint density at radius 1 is 1.38 bits per heavy atom. The summed E-state index contributed by atoms with van der Waals surface area (Å²) in [6, 6.07) is 7.96. The van der Waals surface area contributed by atoms with E-state index in [0.29, 0.717) is 11.8 Å². The molecule has 26 heavy (non-hydrogen) atoms. The number of hydrogen-bond acceptors (Lipinski definition) is 4. The first-order chi connectivity index (χ1) is 11.7. The average molecular weight is 379 g/mol. The topological polar surface area (TPSA) is 77.1 Å². The molecule has 3 fully saturated rings. The van der Waals surface area contributed by atoms with E-state index in [-0.39, 0.29) is 23.9 Å². The number of rotatable bonds is 4. The SMILES string of the molecule is C=C[C@H]1CN2CC[C@H]1C[C@@H]2[C@@H](O)c1ccnc2ccc(OC)cc12.Cl.O. The lowest BCUT2D eigenvalue weighted by Gasteiger charge is -2.50. The maximum absolute atomic E-state index is 11.2. The van der Waals surface area contributed by atoms with Crippen molar-refractivity contribution in [2.24, 2.45) is 11.8 Å². The van der Waals surface area contributed by atoms with Crippen LogP contribution in [0, 0.1) is 11.8 Å². The molecule has 1 unspecified atom stereocenters. The summed E-state index contributed by atoms with van der Waals surface area (Å²) in [5.41, 5.74) is 1.85. The van der Waals surface area contributed by atoms with Crippen LogP contribution in [0.2, 0.25) is 0 Å². The van der Waals surface area contributed by atoms with Crippen LogP contribution in [-0.2, 0) is 0 Å². The summed E-state index contributed by atoms with van der Waals surface area (Å²) >= 11 is 0. The number of piperidine rings is 3. The van der Waals surface area contributed by atoms with Gasteiger partial charge in [-0.3, -0.25) is 9.88 Å². The highest BCUT2D eigenvalue weighted by Crippen LogP contribution is 2.42. The third kappa shape index (κ3) is 3.45. The molecule has 6 heteroatoms. The monoisotopic (exact) mass is 378 g/mol. The Balaban J connectivity index is 0.00000121. The summed E-state index contributed by atoms with van der Waals surface area (Å²) in [6.45, 7) is 6.07. The molecule has 3 saturated heterocycles. The molecular formula is C20H27ClN2O3. The van der Waals surface area contributed by atoms with E-state index in [1.54, 1.807) is 13.3 Å². The second-order valence-electron chi connectivity index (χ2n) is 6.97. The lowest BCUT2D eigenvalue weighted by molar-refractivity contribution is -0.0444. The summed E-state index contributed by atoms with van der Waals surface area (Å²) < 4.78 is 5.35. The van der Waals surface area contributed by atoms with Gasteiger partial charge in [-0.15, -0.1) is 19.0 Å². The van der Waals surface area contributed by atoms with Crippen molar-refractivity contribution in [2.75, 3.05) is 20.2 Å². The maximum atomic E-state index is 11.2. The van der Waals surface area contributed by atoms with Crippen molar-refractivity contribution in [3.8, 4) is 5.75 Å². The molecule has 1 aromatic carbocycles. The second kappa shape index (κ2) is 8.35. The van der Waals surface area contributed by atoms with Crippen LogP contribution in [0.4, 0.5) is 0 Å². The van der Waals surface area contributed by atoms with Gasteiger partial charge in [0.1, 0.15) is 5.75 Å². The van der Waals surface area contributed by atoms with Gasteiger partial charge in [0, 0.05) is 24.2 Å². The average Bonchev–Trinajstić information content (AvgIpc) is 2.66. The van der Waals surface area contributed by atoms with Crippen LogP contribution in [0.3, 0.4) is 0 Å². The fraction of sp³-hybridized carbons (Fsp3) is 0.450. The van der Waals surface area contributed by atoms with Crippen LogP contribution in [0.5, 0.6) is 5.75 Å². The number of aliphatic hydroxyl groups is 1. The van der Waals surface area contributed by atoms with Crippen LogP contribution in [0.25, 0.3) is 10.9 Å². The minimum atomic E-state index is -0.504. The van der Waals surface area contributed by atoms with Gasteiger partial charge in [0.05, 0.1) is 18.7 Å². The molecule has 3 aliphatic rings. The van der Waals surface area contributed by atoms with Gasteiger partial charge in [-0.2, -0.15) is 0 Å². The molecule has 4 heterocycles. The van der Waals surface area contributed by atoms with Crippen LogP contribution < -0.4 is 4.74 Å². The summed E-state index contributed by atoms with van der Waals surface area (Å²) in [7, 11) is 1.66. The van der Waals surface area contributed by atoms with Crippen molar-refractivity contribution in [2.45, 2.75) is 25.0 Å². The molecular weight excluding hydrogens is 352 g/mol. The fourth-order valence-electron chi connectivity index (χ4n) is 4.44. The smallest absolute Gasteiger partial charge is 0.119 e. The quantitative estimate of drug-likeness (QED) is 0.830. The number of benzene rings is 1. The molecule has 0 amide bonds. The Bertz CT molecular complexity index is 770. The number of fused-ring (bicyclic) bond motifs is 4. The van der Waals surface area contributed by atoms with E-state index in [2.05, 4.69) is 22.5 Å². The van der Waals surface area contributed by atoms with E-state index in [4.69, 9.17) is 4.74 Å². The van der Waals surface area contributed by atoms with E-state index >= 15 is 0 Å². The number of hydrogen-bond donors (Lipinski definition) is 1. The Morgan fingerprint density at radius 3 is 2.85 bits per heavy atom. The third-order valence-electron chi connectivity index (χ3n) is 5.82. The van der Waals surface area contributed by atoms with Crippen molar-refractivity contribution in [3.63, 3.8) is 0 Å². The molecule has 142 valence electrons. The standard InChI is InChI=1S/C20H24N2O2.ClH.H2O/c1-3-13-12-22-9-7-14(13)10-19(22)20(23)16-6-8-21-18-5-4-15(24-2)11-17(16)18;;/h3-6,8,11,13-14,19-20,23H,1,7,9-10,12H2,2H3;1H;1H2/t13-,14-,19+,20-;;/m0../s1. The first-order valence-electron chi connectivity index (χ1n) is 8.68. The van der Waals surface area contributed by atoms with Gasteiger partial charge in [-0.1, -0.05) is 6.08 Å². The molecule has 5 nitrogen and oxygen atoms in total. The van der Waals surface area contributed by atoms with Crippen LogP contribution in [-0.4, -0.2) is 46.7 Å². The van der Waals surface area contributed by atoms with Gasteiger partial charge in [0.25, 0.3) is 0 Å². The van der Waals surface area contributed by atoms with Crippen molar-refractivity contribution in [1.82, 2.24) is 9.88 Å². The Hall–Kier alpha value is -1.66. The van der Waals surface area contributed by atoms with Gasteiger partial charge in [-0.05, 0) is 61.1 Å². The lowest BCUT2D eigenvalue weighted by Crippen LogP contribution is -2.54. The molecule has 0 saturated carbocycles. The normalized spacial score (nSPS) is 27.9. The zero-order valence-corrected chi connectivity index (χ0v) is 15.8. The number of halogens is 1. The summed E-state index contributed by atoms with van der Waals surface area (Å²) in [4.78, 5) is 6.86. The maximum Gasteiger partial charge on any atom is 0.119 e. The summed E-state index contributed by atoms with van der Waals surface area (Å²) in [6.07, 6.45) is 5.62. The highest BCUT2D eigenvalue weighted by molar-refractivity contribution is 5.85. The van der Waals surface area contributed by atoms with Crippen molar-refractivity contribution in [1.29, 1.82) is 0 Å². The molecule has 0 aliphatic carbocycles. The minimum Gasteiger partial charge on any atom is -0.497 e. The molecule has 0 radical (unpaired) electrons. The molecule has 3 N–H and O–H groups in total. The van der Waals surface area contributed by atoms with Gasteiger partial charge >= 0.3 is 0 Å². The number of pyridine rings is 1. The van der Waals surface area contributed by atoms with Gasteiger partial charge in [0.15, 0.2) is 0 Å². The van der Waals surface area contributed by atoms with Gasteiger partial charge in [-0.25, -0.2) is 0 Å². The predicted molar refractivity (Wildman–Crippen MR) is 106 cm³/mol. The zero-order valence-electron chi connectivity index (χ0n) is 15.0. The largest absolute Gasteiger partial charge is 0.497 e. The van der Waals surface area contributed by atoms with Crippen molar-refractivity contribution in [3.05, 3.63) is 48.7 Å². The first-order valence-corrected chi connectivity index (χ1v) is 8.68. The van der Waals surface area contributed by atoms with E-state index in [0.717, 1.165) is 41.7 Å². The van der Waals surface area contributed by atoms with Crippen LogP contribution in [0.15, 0.2) is 43.1 Å². The molecule has 1 aromatic heterocycles. The van der Waals surface area contributed by atoms with Crippen molar-refractivity contribution < 1.29 is 15.3 Å². The van der Waals surface area contributed by atoms with E-state index < -0.39 is 6.10 Å². The molecule has 3 aliphatic heterocycles. The van der Waals surface area contributed by atoms with Gasteiger partial charge < -0.3 is 15.3 Å². The van der Waals surface area contributed by atoms with Crippen molar-refractivity contribution >= 4 is 23.3 Å². The number of aliphatic hydroxyl groups excluding tert-OH is 1. The number of nitrogens with zero attached hydrogens (tertiary/aromatic N) is 2. The van der Waals surface area contributed by atoms with E-state index in [1.807, 2.05) is 24.3 Å². The third-order valence-corrected chi connectivity index (χ3v) is 5.82. The summed E-state index contributed by atoms with van der Waals surface area (Å²) in [5, 5.41) is 12.1. The van der Waals surface area contributed by atoms with Crippen LogP contribution in [0.1, 0.15) is 24.5 Å². The second-order valence-corrected chi connectivity index (χ2v) is 6.97. The number of methoxy groups -OCH3 is 1. The van der Waals surface area contributed by atoms with Crippen LogP contribution >= 0.6 is 12.4 Å². The zero-order chi connectivity index (χ0) is 16.7. The molecule has 2 aromatic rings. The van der Waals surface area contributed by atoms with Gasteiger partial charge in [0.2, 0.25) is 0 Å². The Kier molecular flexibility index (Phi) is 6.64. The Labute approximate surface area is 160 Å². The number of ether oxygens (including phenoxy) is 1. The lowest BCUT2D eigenvalue weighted by atomic mass is 9.73. The number of aromatic nitrogens is 1. The molecule has 0 spiro atoms. The summed E-state index contributed by atoms with van der Waals surface area (Å²) in [5.74, 6) is 2.01. The fourth-order valence-corrected chi connectivity index (χ4v) is 4.44. The first kappa shape index (κ1) is 20.6. The van der Waals surface area contributed by atoms with E-state index in [1.165, 1.54) is 6.42 Å². The molecule has 2 bridgehead atoms. The highest BCUT2D eigenvalue weighted by atomic mass is 35.5. The predicted octanol–water partition coefficient (Wildman–Crippen LogP) is 2.77. The highest BCUT2D eigenvalue weighted by Gasteiger charge is 2.42. The minimum absolute atomic E-state index is 0. The van der Waals surface area contributed by atoms with E-state index in [9.17, 15) is 5.11 Å². The molecule has 5 rings (SSSR count). The Morgan fingerprint density at radius 2 is 2.19 bits per heavy atom. The molecule has 5 atom stereocenters.